The molecule has 27 heavy (non-hydrogen) atoms. The smallest absolute Gasteiger partial charge is 0.191 e. The first kappa shape index (κ1) is 16.5. The number of pyridine rings is 2. The lowest BCUT2D eigenvalue weighted by molar-refractivity contribution is 0.718. The van der Waals surface area contributed by atoms with Gasteiger partial charge in [-0.25, -0.2) is 4.98 Å². The van der Waals surface area contributed by atoms with Gasteiger partial charge in [-0.05, 0) is 24.3 Å². The lowest BCUT2D eigenvalue weighted by atomic mass is 10.1. The quantitative estimate of drug-likeness (QED) is 0.568. The van der Waals surface area contributed by atoms with E-state index < -0.39 is 0 Å². The summed E-state index contributed by atoms with van der Waals surface area (Å²) >= 11 is 0. The zero-order valence-electron chi connectivity index (χ0n) is 14.3. The van der Waals surface area contributed by atoms with Gasteiger partial charge in [-0.2, -0.15) is 5.26 Å². The van der Waals surface area contributed by atoms with Gasteiger partial charge in [-0.1, -0.05) is 12.1 Å². The van der Waals surface area contributed by atoms with Crippen molar-refractivity contribution in [3.05, 3.63) is 65.2 Å². The molecule has 0 amide bonds. The van der Waals surface area contributed by atoms with E-state index in [4.69, 9.17) is 5.26 Å². The van der Waals surface area contributed by atoms with Crippen molar-refractivity contribution < 1.29 is 0 Å². The van der Waals surface area contributed by atoms with Crippen LogP contribution in [0.2, 0.25) is 0 Å². The second kappa shape index (κ2) is 7.09. The number of nitriles is 1. The summed E-state index contributed by atoms with van der Waals surface area (Å²) in [6.45, 7) is 0.497. The van der Waals surface area contributed by atoms with Gasteiger partial charge >= 0.3 is 0 Å². The lowest BCUT2D eigenvalue weighted by Gasteiger charge is -2.10. The summed E-state index contributed by atoms with van der Waals surface area (Å²) in [4.78, 5) is 19.9. The standard InChI is InChI=1S/C19H15N7O/c20-9-3-11-26-12-22-25-19(26)15-6-2-7-17(24-15)23-14-5-1-4-13-18(14)16(27)8-10-21-13/h1-2,4-8,10,12H,3,11H2,(H,21,27)(H,23,24). The second-order valence-electron chi connectivity index (χ2n) is 5.86. The van der Waals surface area contributed by atoms with Gasteiger partial charge in [0.1, 0.15) is 17.8 Å². The van der Waals surface area contributed by atoms with Crippen molar-refractivity contribution >= 4 is 22.4 Å². The minimum atomic E-state index is -0.0701. The molecule has 3 aromatic heterocycles. The number of benzene rings is 1. The van der Waals surface area contributed by atoms with E-state index in [1.807, 2.05) is 36.4 Å². The Hall–Kier alpha value is -3.99. The van der Waals surface area contributed by atoms with Crippen LogP contribution in [0.15, 0.2) is 59.8 Å². The third kappa shape index (κ3) is 3.26. The van der Waals surface area contributed by atoms with Gasteiger partial charge in [0.2, 0.25) is 0 Å². The summed E-state index contributed by atoms with van der Waals surface area (Å²) in [6, 6.07) is 14.6. The number of hydrogen-bond acceptors (Lipinski definition) is 6. The van der Waals surface area contributed by atoms with Crippen LogP contribution in [-0.2, 0) is 6.54 Å². The van der Waals surface area contributed by atoms with E-state index in [0.717, 1.165) is 5.52 Å². The summed E-state index contributed by atoms with van der Waals surface area (Å²) in [5.41, 5.74) is 1.98. The van der Waals surface area contributed by atoms with Gasteiger partial charge in [-0.3, -0.25) is 4.79 Å². The molecule has 0 atom stereocenters. The summed E-state index contributed by atoms with van der Waals surface area (Å²) in [6.07, 6.45) is 3.57. The summed E-state index contributed by atoms with van der Waals surface area (Å²) < 4.78 is 1.79. The van der Waals surface area contributed by atoms with E-state index in [9.17, 15) is 4.79 Å². The summed E-state index contributed by atoms with van der Waals surface area (Å²) in [5, 5.41) is 20.6. The molecule has 0 unspecified atom stereocenters. The predicted octanol–water partition coefficient (Wildman–Crippen LogP) is 2.84. The molecule has 3 heterocycles. The van der Waals surface area contributed by atoms with Crippen molar-refractivity contribution in [1.82, 2.24) is 24.7 Å². The zero-order chi connectivity index (χ0) is 18.6. The highest BCUT2D eigenvalue weighted by Gasteiger charge is 2.11. The number of rotatable bonds is 5. The van der Waals surface area contributed by atoms with Crippen LogP contribution < -0.4 is 10.7 Å². The Bertz CT molecular complexity index is 1200. The van der Waals surface area contributed by atoms with Gasteiger partial charge in [0, 0.05) is 18.8 Å². The topological polar surface area (TPSA) is 112 Å². The van der Waals surface area contributed by atoms with Gasteiger partial charge in [0.25, 0.3) is 0 Å². The fourth-order valence-electron chi connectivity index (χ4n) is 2.89. The Labute approximate surface area is 154 Å². The van der Waals surface area contributed by atoms with Crippen molar-refractivity contribution in [2.75, 3.05) is 5.32 Å². The average Bonchev–Trinajstić information content (AvgIpc) is 3.15. The molecule has 0 aliphatic rings. The summed E-state index contributed by atoms with van der Waals surface area (Å²) in [5.74, 6) is 1.17. The number of aromatic amines is 1. The fraction of sp³-hybridized carbons (Fsp3) is 0.105. The Morgan fingerprint density at radius 1 is 1.19 bits per heavy atom. The largest absolute Gasteiger partial charge is 0.361 e. The number of H-pyrrole nitrogens is 1. The first-order valence-corrected chi connectivity index (χ1v) is 8.36. The first-order valence-electron chi connectivity index (χ1n) is 8.36. The molecular formula is C19H15N7O. The maximum Gasteiger partial charge on any atom is 0.191 e. The van der Waals surface area contributed by atoms with E-state index in [1.54, 1.807) is 17.1 Å². The van der Waals surface area contributed by atoms with Crippen LogP contribution in [0.25, 0.3) is 22.4 Å². The van der Waals surface area contributed by atoms with Crippen molar-refractivity contribution in [2.24, 2.45) is 0 Å². The van der Waals surface area contributed by atoms with Crippen molar-refractivity contribution in [2.45, 2.75) is 13.0 Å². The molecule has 4 rings (SSSR count). The van der Waals surface area contributed by atoms with Crippen LogP contribution in [0.3, 0.4) is 0 Å². The van der Waals surface area contributed by atoms with E-state index in [0.29, 0.717) is 41.4 Å². The van der Waals surface area contributed by atoms with Crippen LogP contribution in [0.4, 0.5) is 11.5 Å². The summed E-state index contributed by atoms with van der Waals surface area (Å²) in [7, 11) is 0. The number of fused-ring (bicyclic) bond motifs is 1. The van der Waals surface area contributed by atoms with Crippen LogP contribution in [0.1, 0.15) is 6.42 Å². The van der Waals surface area contributed by atoms with Gasteiger partial charge in [0.05, 0.1) is 29.1 Å². The molecule has 8 heteroatoms. The lowest BCUT2D eigenvalue weighted by Crippen LogP contribution is -2.05. The molecule has 0 aliphatic heterocycles. The van der Waals surface area contributed by atoms with Gasteiger partial charge < -0.3 is 14.9 Å². The van der Waals surface area contributed by atoms with E-state index in [1.165, 1.54) is 6.07 Å². The van der Waals surface area contributed by atoms with Crippen LogP contribution >= 0.6 is 0 Å². The van der Waals surface area contributed by atoms with E-state index in [-0.39, 0.29) is 5.43 Å². The molecule has 4 aromatic rings. The van der Waals surface area contributed by atoms with Gasteiger partial charge in [-0.15, -0.1) is 10.2 Å². The molecule has 0 saturated heterocycles. The highest BCUT2D eigenvalue weighted by molar-refractivity contribution is 5.92. The van der Waals surface area contributed by atoms with E-state index >= 15 is 0 Å². The number of anilines is 2. The van der Waals surface area contributed by atoms with Crippen molar-refractivity contribution in [3.63, 3.8) is 0 Å². The second-order valence-corrected chi connectivity index (χ2v) is 5.86. The van der Waals surface area contributed by atoms with Crippen LogP contribution in [-0.4, -0.2) is 24.7 Å². The normalized spacial score (nSPS) is 10.6. The fourth-order valence-corrected chi connectivity index (χ4v) is 2.89. The molecule has 132 valence electrons. The number of hydrogen-bond donors (Lipinski definition) is 2. The monoisotopic (exact) mass is 357 g/mol. The predicted molar refractivity (Wildman–Crippen MR) is 101 cm³/mol. The van der Waals surface area contributed by atoms with Crippen molar-refractivity contribution in [1.29, 1.82) is 5.26 Å². The Kier molecular flexibility index (Phi) is 4.33. The molecule has 8 nitrogen and oxygen atoms in total. The highest BCUT2D eigenvalue weighted by Crippen LogP contribution is 2.23. The number of aryl methyl sites for hydroxylation is 1. The molecule has 0 fully saturated rings. The molecule has 0 radical (unpaired) electrons. The molecule has 0 aliphatic carbocycles. The first-order chi connectivity index (χ1) is 13.3. The number of nitrogens with zero attached hydrogens (tertiary/aromatic N) is 5. The molecule has 0 bridgehead atoms. The molecular weight excluding hydrogens is 342 g/mol. The molecule has 1 aromatic carbocycles. The van der Waals surface area contributed by atoms with Gasteiger partial charge in [0.15, 0.2) is 11.3 Å². The van der Waals surface area contributed by atoms with E-state index in [2.05, 4.69) is 31.6 Å². The zero-order valence-corrected chi connectivity index (χ0v) is 14.3. The Morgan fingerprint density at radius 2 is 2.07 bits per heavy atom. The third-order valence-corrected chi connectivity index (χ3v) is 4.11. The minimum Gasteiger partial charge on any atom is -0.361 e. The molecule has 0 spiro atoms. The molecule has 2 N–H and O–H groups in total. The highest BCUT2D eigenvalue weighted by atomic mass is 16.1. The SMILES string of the molecule is N#CCCn1cnnc1-c1cccc(Nc2cccc3[nH]ccc(=O)c23)n1. The Morgan fingerprint density at radius 3 is 2.96 bits per heavy atom. The molecule has 0 saturated carbocycles. The number of aromatic nitrogens is 5. The Balaban J connectivity index is 1.70. The third-order valence-electron chi connectivity index (χ3n) is 4.11. The van der Waals surface area contributed by atoms with Crippen LogP contribution in [0.5, 0.6) is 0 Å². The number of nitrogens with one attached hydrogen (secondary N) is 2. The average molecular weight is 357 g/mol. The maximum absolute atomic E-state index is 12.3. The minimum absolute atomic E-state index is 0.0701. The maximum atomic E-state index is 12.3. The van der Waals surface area contributed by atoms with Crippen molar-refractivity contribution in [3.8, 4) is 17.6 Å². The van der Waals surface area contributed by atoms with Crippen LogP contribution in [0, 0.1) is 11.3 Å².